The molecule has 2 nitrogen and oxygen atoms in total. The fourth-order valence-electron chi connectivity index (χ4n) is 1.60. The van der Waals surface area contributed by atoms with Crippen molar-refractivity contribution in [1.82, 2.24) is 4.98 Å². The summed E-state index contributed by atoms with van der Waals surface area (Å²) in [4.78, 5) is 4.20. The fraction of sp³-hybridized carbons (Fsp3) is 0.545. The summed E-state index contributed by atoms with van der Waals surface area (Å²) in [5.74, 6) is 0.743. The molecule has 0 radical (unpaired) electrons. The van der Waals surface area contributed by atoms with E-state index in [0.717, 1.165) is 5.88 Å². The van der Waals surface area contributed by atoms with Gasteiger partial charge in [-0.3, -0.25) is 0 Å². The van der Waals surface area contributed by atoms with E-state index in [-0.39, 0.29) is 5.41 Å². The van der Waals surface area contributed by atoms with Gasteiger partial charge in [0.2, 0.25) is 5.88 Å². The molecule has 0 N–H and O–H groups in total. The number of aromatic nitrogens is 1. The monoisotopic (exact) mass is 179 g/mol. The summed E-state index contributed by atoms with van der Waals surface area (Å²) in [6, 6.07) is 2.02. The lowest BCUT2D eigenvalue weighted by atomic mass is 9.85. The van der Waals surface area contributed by atoms with Crippen LogP contribution >= 0.6 is 0 Å². The summed E-state index contributed by atoms with van der Waals surface area (Å²) in [5.41, 5.74) is 2.51. The Kier molecular flexibility index (Phi) is 2.60. The first-order valence-electron chi connectivity index (χ1n) is 4.47. The average Bonchev–Trinajstić information content (AvgIpc) is 2.01. The second-order valence-corrected chi connectivity index (χ2v) is 4.26. The van der Waals surface area contributed by atoms with Crippen LogP contribution in [0.25, 0.3) is 0 Å². The quantitative estimate of drug-likeness (QED) is 0.661. The van der Waals surface area contributed by atoms with E-state index in [1.807, 2.05) is 6.07 Å². The lowest BCUT2D eigenvalue weighted by molar-refractivity contribution is 0.380. The third kappa shape index (κ3) is 2.00. The van der Waals surface area contributed by atoms with Crippen molar-refractivity contribution in [2.24, 2.45) is 0 Å². The smallest absolute Gasteiger partial charge is 0.217 e. The van der Waals surface area contributed by atoms with E-state index < -0.39 is 0 Å². The second kappa shape index (κ2) is 3.36. The van der Waals surface area contributed by atoms with Gasteiger partial charge in [-0.05, 0) is 24.0 Å². The van der Waals surface area contributed by atoms with E-state index in [1.165, 1.54) is 11.1 Å². The molecule has 0 aliphatic carbocycles. The predicted molar refractivity (Wildman–Crippen MR) is 54.2 cm³/mol. The molecule has 0 bridgehead atoms. The zero-order chi connectivity index (χ0) is 10.1. The van der Waals surface area contributed by atoms with Crippen molar-refractivity contribution in [1.29, 1.82) is 0 Å². The highest BCUT2D eigenvalue weighted by Gasteiger charge is 2.21. The highest BCUT2D eigenvalue weighted by atomic mass is 16.5. The Morgan fingerprint density at radius 1 is 1.31 bits per heavy atom. The first-order chi connectivity index (χ1) is 5.96. The van der Waals surface area contributed by atoms with Gasteiger partial charge in [-0.2, -0.15) is 0 Å². The molecule has 0 spiro atoms. The van der Waals surface area contributed by atoms with Crippen LogP contribution in [0.1, 0.15) is 31.9 Å². The Balaban J connectivity index is 3.32. The molecular formula is C11H17NO. The van der Waals surface area contributed by atoms with E-state index in [2.05, 4.69) is 32.7 Å². The van der Waals surface area contributed by atoms with Gasteiger partial charge in [0.05, 0.1) is 7.11 Å². The fourth-order valence-corrected chi connectivity index (χ4v) is 1.60. The molecule has 0 saturated carbocycles. The van der Waals surface area contributed by atoms with Crippen molar-refractivity contribution in [3.05, 3.63) is 23.4 Å². The molecule has 0 aliphatic rings. The average molecular weight is 179 g/mol. The summed E-state index contributed by atoms with van der Waals surface area (Å²) in [7, 11) is 1.66. The van der Waals surface area contributed by atoms with Gasteiger partial charge >= 0.3 is 0 Å². The SMILES string of the molecule is COc1nccc(C)c1C(C)(C)C. The molecule has 0 aliphatic heterocycles. The molecule has 2 heteroatoms. The molecule has 0 fully saturated rings. The van der Waals surface area contributed by atoms with E-state index in [9.17, 15) is 0 Å². The number of methoxy groups -OCH3 is 1. The Hall–Kier alpha value is -1.05. The van der Waals surface area contributed by atoms with Crippen LogP contribution in [-0.4, -0.2) is 12.1 Å². The molecular weight excluding hydrogens is 162 g/mol. The standard InChI is InChI=1S/C11H17NO/c1-8-6-7-12-10(13-5)9(8)11(2,3)4/h6-7H,1-5H3. The van der Waals surface area contributed by atoms with Crippen molar-refractivity contribution >= 4 is 0 Å². The number of pyridine rings is 1. The normalized spacial score (nSPS) is 11.5. The van der Waals surface area contributed by atoms with Gasteiger partial charge in [0.1, 0.15) is 0 Å². The number of ether oxygens (including phenoxy) is 1. The first-order valence-corrected chi connectivity index (χ1v) is 4.47. The van der Waals surface area contributed by atoms with Crippen molar-refractivity contribution in [2.45, 2.75) is 33.1 Å². The van der Waals surface area contributed by atoms with Gasteiger partial charge in [-0.25, -0.2) is 4.98 Å². The molecule has 1 aromatic heterocycles. The molecule has 0 atom stereocenters. The van der Waals surface area contributed by atoms with Gasteiger partial charge in [-0.15, -0.1) is 0 Å². The highest BCUT2D eigenvalue weighted by Crippen LogP contribution is 2.31. The third-order valence-electron chi connectivity index (χ3n) is 2.07. The summed E-state index contributed by atoms with van der Waals surface area (Å²) in [6.45, 7) is 8.59. The maximum atomic E-state index is 5.24. The summed E-state index contributed by atoms with van der Waals surface area (Å²) >= 11 is 0. The third-order valence-corrected chi connectivity index (χ3v) is 2.07. The minimum Gasteiger partial charge on any atom is -0.481 e. The molecule has 0 unspecified atom stereocenters. The zero-order valence-electron chi connectivity index (χ0n) is 9.01. The molecule has 0 saturated heterocycles. The molecule has 72 valence electrons. The van der Waals surface area contributed by atoms with E-state index in [0.29, 0.717) is 0 Å². The van der Waals surface area contributed by atoms with Crippen LogP contribution in [0.15, 0.2) is 12.3 Å². The van der Waals surface area contributed by atoms with Crippen molar-refractivity contribution in [3.8, 4) is 5.88 Å². The summed E-state index contributed by atoms with van der Waals surface area (Å²) in [5, 5.41) is 0. The first kappa shape index (κ1) is 10.0. The second-order valence-electron chi connectivity index (χ2n) is 4.26. The molecule has 1 rings (SSSR count). The molecule has 0 aromatic carbocycles. The minimum absolute atomic E-state index is 0.0870. The maximum Gasteiger partial charge on any atom is 0.217 e. The zero-order valence-corrected chi connectivity index (χ0v) is 9.01. The predicted octanol–water partition coefficient (Wildman–Crippen LogP) is 2.70. The number of rotatable bonds is 1. The highest BCUT2D eigenvalue weighted by molar-refractivity contribution is 5.38. The summed E-state index contributed by atoms with van der Waals surface area (Å²) < 4.78 is 5.24. The Labute approximate surface area is 80.0 Å². The van der Waals surface area contributed by atoms with E-state index in [4.69, 9.17) is 4.74 Å². The van der Waals surface area contributed by atoms with Gasteiger partial charge in [0.15, 0.2) is 0 Å². The van der Waals surface area contributed by atoms with Crippen LogP contribution in [0.2, 0.25) is 0 Å². The van der Waals surface area contributed by atoms with Crippen LogP contribution in [0.3, 0.4) is 0 Å². The Bertz CT molecular complexity index is 299. The number of hydrogen-bond donors (Lipinski definition) is 0. The van der Waals surface area contributed by atoms with Crippen LogP contribution in [0.5, 0.6) is 5.88 Å². The molecule has 1 heterocycles. The van der Waals surface area contributed by atoms with Crippen LogP contribution < -0.4 is 4.74 Å². The molecule has 0 amide bonds. The lowest BCUT2D eigenvalue weighted by Crippen LogP contribution is -2.15. The Morgan fingerprint density at radius 2 is 1.92 bits per heavy atom. The van der Waals surface area contributed by atoms with Crippen LogP contribution in [-0.2, 0) is 5.41 Å². The number of aryl methyl sites for hydroxylation is 1. The van der Waals surface area contributed by atoms with Crippen molar-refractivity contribution < 1.29 is 4.74 Å². The number of nitrogens with zero attached hydrogens (tertiary/aromatic N) is 1. The summed E-state index contributed by atoms with van der Waals surface area (Å²) in [6.07, 6.45) is 1.78. The molecule has 13 heavy (non-hydrogen) atoms. The van der Waals surface area contributed by atoms with Crippen molar-refractivity contribution in [2.75, 3.05) is 7.11 Å². The van der Waals surface area contributed by atoms with Gasteiger partial charge in [0, 0.05) is 11.8 Å². The largest absolute Gasteiger partial charge is 0.481 e. The number of hydrogen-bond acceptors (Lipinski definition) is 2. The molecule has 1 aromatic rings. The maximum absolute atomic E-state index is 5.24. The van der Waals surface area contributed by atoms with Crippen molar-refractivity contribution in [3.63, 3.8) is 0 Å². The van der Waals surface area contributed by atoms with Gasteiger partial charge in [0.25, 0.3) is 0 Å². The lowest BCUT2D eigenvalue weighted by Gasteiger charge is -2.23. The van der Waals surface area contributed by atoms with Crippen LogP contribution in [0, 0.1) is 6.92 Å². The van der Waals surface area contributed by atoms with Gasteiger partial charge in [-0.1, -0.05) is 20.8 Å². The minimum atomic E-state index is 0.0870. The van der Waals surface area contributed by atoms with Crippen LogP contribution in [0.4, 0.5) is 0 Å². The van der Waals surface area contributed by atoms with Gasteiger partial charge < -0.3 is 4.74 Å². The van der Waals surface area contributed by atoms with E-state index in [1.54, 1.807) is 13.3 Å². The Morgan fingerprint density at radius 3 is 2.31 bits per heavy atom. The van der Waals surface area contributed by atoms with E-state index >= 15 is 0 Å². The topological polar surface area (TPSA) is 22.1 Å².